The zero-order valence-electron chi connectivity index (χ0n) is 13.5. The number of carbonyl (C=O) groups excluding carboxylic acids is 1. The number of nitrogens with zero attached hydrogens (tertiary/aromatic N) is 3. The van der Waals surface area contributed by atoms with E-state index in [4.69, 9.17) is 21.8 Å². The highest BCUT2D eigenvalue weighted by Crippen LogP contribution is 2.24. The summed E-state index contributed by atoms with van der Waals surface area (Å²) in [5.41, 5.74) is 7.01. The number of carbonyl (C=O) groups is 1. The van der Waals surface area contributed by atoms with Crippen LogP contribution in [-0.2, 0) is 0 Å². The number of aromatic nitrogens is 3. The first-order chi connectivity index (χ1) is 12.1. The molecular weight excluding hydrogens is 342 g/mol. The van der Waals surface area contributed by atoms with Crippen LogP contribution >= 0.6 is 11.6 Å². The highest BCUT2D eigenvalue weighted by atomic mass is 35.5. The van der Waals surface area contributed by atoms with Crippen LogP contribution in [0.4, 0.5) is 5.82 Å². The van der Waals surface area contributed by atoms with Gasteiger partial charge in [-0.05, 0) is 48.7 Å². The van der Waals surface area contributed by atoms with E-state index in [-0.39, 0.29) is 17.2 Å². The molecule has 7 nitrogen and oxygen atoms in total. The molecule has 3 N–H and O–H groups in total. The largest absolute Gasteiger partial charge is 0.441 e. The van der Waals surface area contributed by atoms with Gasteiger partial charge in [0.25, 0.3) is 5.91 Å². The number of fused-ring (bicyclic) bond motifs is 1. The lowest BCUT2D eigenvalue weighted by molar-refractivity contribution is 0.0927. The predicted molar refractivity (Wildman–Crippen MR) is 94.5 cm³/mol. The van der Waals surface area contributed by atoms with Crippen molar-refractivity contribution >= 4 is 29.0 Å². The lowest BCUT2D eigenvalue weighted by Gasteiger charge is -2.22. The Morgan fingerprint density at radius 3 is 2.80 bits per heavy atom. The van der Waals surface area contributed by atoms with Gasteiger partial charge in [-0.15, -0.1) is 5.10 Å². The van der Waals surface area contributed by atoms with Crippen LogP contribution in [0.5, 0.6) is 0 Å². The quantitative estimate of drug-likeness (QED) is 0.747. The van der Waals surface area contributed by atoms with Crippen LogP contribution in [-0.4, -0.2) is 26.5 Å². The number of rotatable bonds is 3. The van der Waals surface area contributed by atoms with E-state index in [2.05, 4.69) is 15.4 Å². The molecule has 1 amide bonds. The molecule has 0 unspecified atom stereocenters. The van der Waals surface area contributed by atoms with Crippen molar-refractivity contribution in [3.63, 3.8) is 0 Å². The molecule has 8 heteroatoms. The van der Waals surface area contributed by atoms with Crippen LogP contribution in [0.3, 0.4) is 0 Å². The van der Waals surface area contributed by atoms with Crippen molar-refractivity contribution in [1.29, 1.82) is 0 Å². The van der Waals surface area contributed by atoms with E-state index in [0.717, 1.165) is 25.7 Å². The third-order valence-electron chi connectivity index (χ3n) is 4.46. The molecule has 25 heavy (non-hydrogen) atoms. The second-order valence-corrected chi connectivity index (χ2v) is 6.66. The maximum atomic E-state index is 12.5. The van der Waals surface area contributed by atoms with Crippen molar-refractivity contribution in [2.75, 3.05) is 5.73 Å². The molecule has 0 saturated heterocycles. The van der Waals surface area contributed by atoms with Crippen LogP contribution in [0.2, 0.25) is 5.22 Å². The van der Waals surface area contributed by atoms with Crippen LogP contribution in [0.1, 0.15) is 42.5 Å². The molecule has 1 saturated carbocycles. The molecule has 3 aromatic heterocycles. The average Bonchev–Trinajstić information content (AvgIpc) is 3.22. The molecule has 0 aromatic carbocycles. The third kappa shape index (κ3) is 3.19. The van der Waals surface area contributed by atoms with Crippen molar-refractivity contribution in [2.45, 2.75) is 38.1 Å². The zero-order chi connectivity index (χ0) is 17.4. The van der Waals surface area contributed by atoms with Gasteiger partial charge in [0.2, 0.25) is 5.82 Å². The molecule has 3 heterocycles. The van der Waals surface area contributed by atoms with Crippen LogP contribution in [0.25, 0.3) is 17.2 Å². The van der Waals surface area contributed by atoms with Gasteiger partial charge in [0.05, 0.1) is 0 Å². The molecule has 0 bridgehead atoms. The number of furan rings is 1. The minimum Gasteiger partial charge on any atom is -0.441 e. The molecule has 0 atom stereocenters. The van der Waals surface area contributed by atoms with Gasteiger partial charge in [-0.25, -0.2) is 4.98 Å². The van der Waals surface area contributed by atoms with Crippen molar-refractivity contribution < 1.29 is 9.21 Å². The lowest BCUT2D eigenvalue weighted by atomic mass is 9.95. The summed E-state index contributed by atoms with van der Waals surface area (Å²) < 4.78 is 6.80. The minimum atomic E-state index is -0.133. The van der Waals surface area contributed by atoms with Gasteiger partial charge in [0.15, 0.2) is 16.6 Å². The summed E-state index contributed by atoms with van der Waals surface area (Å²) in [7, 11) is 0. The maximum absolute atomic E-state index is 12.5. The number of anilines is 1. The van der Waals surface area contributed by atoms with Crippen molar-refractivity contribution in [1.82, 2.24) is 19.9 Å². The number of nitrogens with one attached hydrogen (secondary N) is 1. The van der Waals surface area contributed by atoms with E-state index in [0.29, 0.717) is 28.6 Å². The fraction of sp³-hybridized carbons (Fsp3) is 0.353. The van der Waals surface area contributed by atoms with Gasteiger partial charge in [0, 0.05) is 11.6 Å². The molecule has 3 aromatic rings. The van der Waals surface area contributed by atoms with E-state index in [9.17, 15) is 4.79 Å². The Morgan fingerprint density at radius 1 is 1.28 bits per heavy atom. The molecular formula is C17H18ClN5O2. The van der Waals surface area contributed by atoms with Crippen LogP contribution in [0.15, 0.2) is 28.7 Å². The molecule has 0 radical (unpaired) electrons. The molecule has 130 valence electrons. The zero-order valence-corrected chi connectivity index (χ0v) is 14.3. The summed E-state index contributed by atoms with van der Waals surface area (Å²) in [6.45, 7) is 0. The summed E-state index contributed by atoms with van der Waals surface area (Å²) in [5, 5.41) is 7.65. The molecule has 4 rings (SSSR count). The molecule has 1 aliphatic carbocycles. The van der Waals surface area contributed by atoms with Crippen molar-refractivity contribution in [3.05, 3.63) is 35.0 Å². The summed E-state index contributed by atoms with van der Waals surface area (Å²) in [6, 6.07) is 6.82. The van der Waals surface area contributed by atoms with E-state index in [1.54, 1.807) is 24.3 Å². The average molecular weight is 360 g/mol. The van der Waals surface area contributed by atoms with E-state index >= 15 is 0 Å². The van der Waals surface area contributed by atoms with Crippen LogP contribution < -0.4 is 11.1 Å². The summed E-state index contributed by atoms with van der Waals surface area (Å²) in [4.78, 5) is 16.9. The smallest absolute Gasteiger partial charge is 0.251 e. The number of pyridine rings is 1. The highest BCUT2D eigenvalue weighted by Gasteiger charge is 2.19. The van der Waals surface area contributed by atoms with Gasteiger partial charge < -0.3 is 15.5 Å². The number of nitrogen functional groups attached to an aromatic ring is 1. The Bertz CT molecular complexity index is 926. The van der Waals surface area contributed by atoms with Gasteiger partial charge in [-0.3, -0.25) is 4.79 Å². The van der Waals surface area contributed by atoms with Gasteiger partial charge >= 0.3 is 0 Å². The fourth-order valence-electron chi connectivity index (χ4n) is 3.19. The first-order valence-electron chi connectivity index (χ1n) is 8.33. The molecule has 0 spiro atoms. The van der Waals surface area contributed by atoms with Crippen molar-refractivity contribution in [3.8, 4) is 11.6 Å². The second kappa shape index (κ2) is 6.40. The molecule has 0 aliphatic heterocycles. The lowest BCUT2D eigenvalue weighted by Crippen LogP contribution is -2.36. The molecule has 1 aliphatic rings. The monoisotopic (exact) mass is 359 g/mol. The SMILES string of the molecule is Nc1cc(C(=O)NC2CCCCC2)cc2nc(-c3ccc(Cl)o3)nn12. The first-order valence-corrected chi connectivity index (χ1v) is 8.71. The van der Waals surface area contributed by atoms with E-state index in [1.807, 2.05) is 0 Å². The van der Waals surface area contributed by atoms with Crippen LogP contribution in [0, 0.1) is 0 Å². The predicted octanol–water partition coefficient (Wildman–Crippen LogP) is 3.29. The Morgan fingerprint density at radius 2 is 2.08 bits per heavy atom. The van der Waals surface area contributed by atoms with E-state index < -0.39 is 0 Å². The Hall–Kier alpha value is -2.54. The number of amides is 1. The standard InChI is InChI=1S/C17H18ClN5O2/c18-13-7-6-12(25-13)16-21-15-9-10(8-14(19)23(15)22-16)17(24)20-11-4-2-1-3-5-11/h6-9,11H,1-5,19H2,(H,20,24). The Balaban J connectivity index is 1.63. The highest BCUT2D eigenvalue weighted by molar-refractivity contribution is 6.28. The number of hydrogen-bond donors (Lipinski definition) is 2. The number of nitrogens with two attached hydrogens (primary N) is 1. The summed E-state index contributed by atoms with van der Waals surface area (Å²) in [6.07, 6.45) is 5.61. The number of hydrogen-bond acceptors (Lipinski definition) is 5. The third-order valence-corrected chi connectivity index (χ3v) is 4.66. The minimum absolute atomic E-state index is 0.133. The Kier molecular flexibility index (Phi) is 4.09. The van der Waals surface area contributed by atoms with Gasteiger partial charge in [-0.2, -0.15) is 4.52 Å². The number of halogens is 1. The summed E-state index contributed by atoms with van der Waals surface area (Å²) in [5.74, 6) is 1.01. The Labute approximate surface area is 149 Å². The topological polar surface area (TPSA) is 98.5 Å². The van der Waals surface area contributed by atoms with Gasteiger partial charge in [-0.1, -0.05) is 19.3 Å². The fourth-order valence-corrected chi connectivity index (χ4v) is 3.34. The first kappa shape index (κ1) is 16.0. The normalized spacial score (nSPS) is 15.6. The maximum Gasteiger partial charge on any atom is 0.251 e. The van der Waals surface area contributed by atoms with Crippen molar-refractivity contribution in [2.24, 2.45) is 0 Å². The second-order valence-electron chi connectivity index (χ2n) is 6.29. The summed E-state index contributed by atoms with van der Waals surface area (Å²) >= 11 is 5.79. The van der Waals surface area contributed by atoms with Gasteiger partial charge in [0.1, 0.15) is 5.82 Å². The van der Waals surface area contributed by atoms with E-state index in [1.165, 1.54) is 10.9 Å². The molecule has 1 fully saturated rings.